The number of hydrogen-bond donors (Lipinski definition) is 1. The lowest BCUT2D eigenvalue weighted by molar-refractivity contribution is 0.0695. The fourth-order valence-corrected chi connectivity index (χ4v) is 3.38. The highest BCUT2D eigenvalue weighted by atomic mass is 16.5. The minimum atomic E-state index is -0.982. The van der Waals surface area contributed by atoms with Gasteiger partial charge in [0.25, 0.3) is 0 Å². The summed E-state index contributed by atoms with van der Waals surface area (Å²) in [5.74, 6) is 0.983. The number of pyridine rings is 1. The summed E-state index contributed by atoms with van der Waals surface area (Å²) >= 11 is 0. The number of anilines is 1. The molecular weight excluding hydrogens is 408 g/mol. The van der Waals surface area contributed by atoms with E-state index in [1.165, 1.54) is 4.80 Å². The number of carboxylic acids is 1. The van der Waals surface area contributed by atoms with Gasteiger partial charge in [-0.15, -0.1) is 10.2 Å². The number of nitrogens with zero attached hydrogens (tertiary/aromatic N) is 6. The van der Waals surface area contributed by atoms with Crippen LogP contribution >= 0.6 is 0 Å². The second-order valence-corrected chi connectivity index (χ2v) is 7.19. The minimum absolute atomic E-state index is 0.226. The molecule has 2 aromatic heterocycles. The molecule has 0 radical (unpaired) electrons. The first-order valence-electron chi connectivity index (χ1n) is 9.93. The Labute approximate surface area is 184 Å². The quantitative estimate of drug-likeness (QED) is 0.454. The molecule has 4 rings (SSSR count). The summed E-state index contributed by atoms with van der Waals surface area (Å²) in [5.41, 5.74) is 2.76. The summed E-state index contributed by atoms with van der Waals surface area (Å²) < 4.78 is 5.38. The van der Waals surface area contributed by atoms with Gasteiger partial charge in [-0.1, -0.05) is 42.5 Å². The molecule has 0 saturated heterocycles. The molecule has 4 aromatic rings. The van der Waals surface area contributed by atoms with Crippen molar-refractivity contribution in [3.05, 3.63) is 83.6 Å². The fraction of sp³-hybridized carbons (Fsp3) is 0.174. The summed E-state index contributed by atoms with van der Waals surface area (Å²) in [5, 5.41) is 21.9. The largest absolute Gasteiger partial charge is 0.493 e. The number of methoxy groups -OCH3 is 1. The highest BCUT2D eigenvalue weighted by Gasteiger charge is 2.13. The highest BCUT2D eigenvalue weighted by molar-refractivity contribution is 5.89. The third-order valence-corrected chi connectivity index (χ3v) is 4.98. The number of aromatic carboxylic acids is 1. The van der Waals surface area contributed by atoms with Gasteiger partial charge in [0.15, 0.2) is 11.6 Å². The van der Waals surface area contributed by atoms with Crippen LogP contribution in [0.1, 0.15) is 21.5 Å². The molecule has 9 heteroatoms. The van der Waals surface area contributed by atoms with Crippen molar-refractivity contribution in [1.82, 2.24) is 25.2 Å². The summed E-state index contributed by atoms with van der Waals surface area (Å²) in [6.45, 7) is 0.879. The Balaban J connectivity index is 1.46. The van der Waals surface area contributed by atoms with E-state index in [1.54, 1.807) is 37.6 Å². The van der Waals surface area contributed by atoms with E-state index in [0.717, 1.165) is 22.7 Å². The third kappa shape index (κ3) is 4.56. The number of aromatic nitrogens is 5. The molecule has 0 fully saturated rings. The maximum absolute atomic E-state index is 11.4. The van der Waals surface area contributed by atoms with Crippen LogP contribution in [0.3, 0.4) is 0 Å². The van der Waals surface area contributed by atoms with Crippen molar-refractivity contribution in [1.29, 1.82) is 0 Å². The number of rotatable bonds is 8. The van der Waals surface area contributed by atoms with E-state index in [1.807, 2.05) is 48.3 Å². The van der Waals surface area contributed by atoms with Gasteiger partial charge in [0, 0.05) is 25.4 Å². The van der Waals surface area contributed by atoms with Crippen LogP contribution < -0.4 is 9.64 Å². The van der Waals surface area contributed by atoms with Gasteiger partial charge >= 0.3 is 5.97 Å². The van der Waals surface area contributed by atoms with Crippen LogP contribution in [0.4, 0.5) is 5.82 Å². The van der Waals surface area contributed by atoms with E-state index >= 15 is 0 Å². The van der Waals surface area contributed by atoms with Gasteiger partial charge in [-0.2, -0.15) is 4.80 Å². The molecule has 0 atom stereocenters. The first-order chi connectivity index (χ1) is 15.5. The smallest absolute Gasteiger partial charge is 0.336 e. The normalized spacial score (nSPS) is 10.7. The zero-order valence-electron chi connectivity index (χ0n) is 17.7. The van der Waals surface area contributed by atoms with Crippen LogP contribution in [0, 0.1) is 0 Å². The maximum atomic E-state index is 11.4. The van der Waals surface area contributed by atoms with Gasteiger partial charge in [0.2, 0.25) is 5.82 Å². The number of hydrogen-bond acceptors (Lipinski definition) is 7. The molecule has 0 aliphatic rings. The van der Waals surface area contributed by atoms with Crippen molar-refractivity contribution in [3.8, 4) is 17.1 Å². The average molecular weight is 430 g/mol. The molecule has 0 unspecified atom stereocenters. The van der Waals surface area contributed by atoms with Gasteiger partial charge in [-0.05, 0) is 34.5 Å². The monoisotopic (exact) mass is 430 g/mol. The molecule has 1 N–H and O–H groups in total. The average Bonchev–Trinajstić information content (AvgIpc) is 3.28. The molecule has 0 saturated carbocycles. The van der Waals surface area contributed by atoms with Crippen LogP contribution in [0.2, 0.25) is 0 Å². The molecule has 9 nitrogen and oxygen atoms in total. The van der Waals surface area contributed by atoms with Crippen LogP contribution in [0.5, 0.6) is 5.75 Å². The lowest BCUT2D eigenvalue weighted by atomic mass is 10.1. The summed E-state index contributed by atoms with van der Waals surface area (Å²) in [6, 6.07) is 18.4. The third-order valence-electron chi connectivity index (χ3n) is 4.98. The van der Waals surface area contributed by atoms with Crippen LogP contribution in [-0.2, 0) is 13.1 Å². The van der Waals surface area contributed by atoms with E-state index in [2.05, 4.69) is 20.4 Å². The molecule has 0 bridgehead atoms. The van der Waals surface area contributed by atoms with Gasteiger partial charge in [-0.3, -0.25) is 0 Å². The van der Waals surface area contributed by atoms with Crippen molar-refractivity contribution >= 4 is 11.8 Å². The number of carbonyl (C=O) groups is 1. The predicted molar refractivity (Wildman–Crippen MR) is 119 cm³/mol. The Bertz CT molecular complexity index is 1220. The van der Waals surface area contributed by atoms with E-state index in [-0.39, 0.29) is 12.1 Å². The number of tetrazole rings is 1. The minimum Gasteiger partial charge on any atom is -0.493 e. The van der Waals surface area contributed by atoms with Crippen molar-refractivity contribution in [3.63, 3.8) is 0 Å². The summed E-state index contributed by atoms with van der Waals surface area (Å²) in [7, 11) is 3.59. The Hall–Kier alpha value is -4.27. The Morgan fingerprint density at radius 3 is 2.62 bits per heavy atom. The second-order valence-electron chi connectivity index (χ2n) is 7.19. The van der Waals surface area contributed by atoms with E-state index in [0.29, 0.717) is 17.9 Å². The summed E-state index contributed by atoms with van der Waals surface area (Å²) in [4.78, 5) is 19.2. The molecule has 0 aliphatic carbocycles. The molecule has 0 amide bonds. The van der Waals surface area contributed by atoms with Gasteiger partial charge in [0.05, 0.1) is 19.2 Å². The van der Waals surface area contributed by atoms with Crippen molar-refractivity contribution < 1.29 is 14.6 Å². The zero-order chi connectivity index (χ0) is 22.5. The molecule has 2 heterocycles. The first-order valence-corrected chi connectivity index (χ1v) is 9.93. The van der Waals surface area contributed by atoms with E-state index in [4.69, 9.17) is 4.74 Å². The van der Waals surface area contributed by atoms with Gasteiger partial charge < -0.3 is 14.7 Å². The lowest BCUT2D eigenvalue weighted by Gasteiger charge is -2.20. The van der Waals surface area contributed by atoms with E-state index < -0.39 is 5.97 Å². The molecule has 0 spiro atoms. The van der Waals surface area contributed by atoms with E-state index in [9.17, 15) is 9.90 Å². The van der Waals surface area contributed by atoms with Gasteiger partial charge in [0.1, 0.15) is 0 Å². The lowest BCUT2D eigenvalue weighted by Crippen LogP contribution is -2.18. The first kappa shape index (κ1) is 21.0. The fourth-order valence-electron chi connectivity index (χ4n) is 3.38. The molecular formula is C23H22N6O3. The Kier molecular flexibility index (Phi) is 6.07. The van der Waals surface area contributed by atoms with Gasteiger partial charge in [-0.25, -0.2) is 9.78 Å². The Morgan fingerprint density at radius 1 is 1.09 bits per heavy atom. The zero-order valence-corrected chi connectivity index (χ0v) is 17.7. The molecule has 32 heavy (non-hydrogen) atoms. The SMILES string of the molecule is COc1cccnc1N(C)Cc1ccc(-c2nnn(Cc3ccccc3C(=O)O)n2)cc1. The Morgan fingerprint density at radius 2 is 1.88 bits per heavy atom. The number of benzene rings is 2. The number of ether oxygens (including phenoxy) is 1. The van der Waals surface area contributed by atoms with Crippen molar-refractivity contribution in [2.45, 2.75) is 13.1 Å². The van der Waals surface area contributed by atoms with Crippen LogP contribution in [-0.4, -0.2) is 50.4 Å². The summed E-state index contributed by atoms with van der Waals surface area (Å²) in [6.07, 6.45) is 1.74. The highest BCUT2D eigenvalue weighted by Crippen LogP contribution is 2.25. The van der Waals surface area contributed by atoms with Crippen LogP contribution in [0.25, 0.3) is 11.4 Å². The van der Waals surface area contributed by atoms with Crippen LogP contribution in [0.15, 0.2) is 66.9 Å². The topological polar surface area (TPSA) is 106 Å². The molecule has 2 aromatic carbocycles. The number of carboxylic acid groups (broad SMARTS) is 1. The second kappa shape index (κ2) is 9.25. The molecule has 0 aliphatic heterocycles. The predicted octanol–water partition coefficient (Wildman–Crippen LogP) is 3.13. The maximum Gasteiger partial charge on any atom is 0.336 e. The molecule has 162 valence electrons. The van der Waals surface area contributed by atoms with Crippen molar-refractivity contribution in [2.75, 3.05) is 19.1 Å². The van der Waals surface area contributed by atoms with Crippen molar-refractivity contribution in [2.24, 2.45) is 0 Å². The standard InChI is InChI=1S/C23H22N6O3/c1-28(22-20(32-2)8-5-13-24-22)14-16-9-11-17(12-10-16)21-25-27-29(26-21)15-18-6-3-4-7-19(18)23(30)31/h3-13H,14-15H2,1-2H3,(H,30,31).